The minimum absolute atomic E-state index is 0.0689. The summed E-state index contributed by atoms with van der Waals surface area (Å²) >= 11 is 0. The van der Waals surface area contributed by atoms with Gasteiger partial charge in [-0.3, -0.25) is 10.4 Å². The molecule has 2 fully saturated rings. The molecule has 9 nitrogen and oxygen atoms in total. The molecule has 0 amide bonds. The zero-order chi connectivity index (χ0) is 24.7. The summed E-state index contributed by atoms with van der Waals surface area (Å²) in [6.07, 6.45) is 5.94. The lowest BCUT2D eigenvalue weighted by molar-refractivity contribution is 0.170. The summed E-state index contributed by atoms with van der Waals surface area (Å²) in [7, 11) is 0. The first kappa shape index (κ1) is 23.9. The van der Waals surface area contributed by atoms with E-state index in [1.807, 2.05) is 0 Å². The smallest absolute Gasteiger partial charge is 0.229 e. The topological polar surface area (TPSA) is 139 Å². The number of rotatable bonds is 7. The van der Waals surface area contributed by atoms with Gasteiger partial charge in [-0.05, 0) is 71.4 Å². The molecule has 180 valence electrons. The Morgan fingerprint density at radius 3 is 2.53 bits per heavy atom. The fourth-order valence-electron chi connectivity index (χ4n) is 5.12. The van der Waals surface area contributed by atoms with Crippen molar-refractivity contribution in [2.75, 3.05) is 15.6 Å². The Morgan fingerprint density at radius 1 is 1.26 bits per heavy atom. The summed E-state index contributed by atoms with van der Waals surface area (Å²) in [5, 5.41) is 28.3. The lowest BCUT2D eigenvalue weighted by Crippen LogP contribution is -2.60. The average Bonchev–Trinajstić information content (AvgIpc) is 3.55. The van der Waals surface area contributed by atoms with Gasteiger partial charge in [0, 0.05) is 28.4 Å². The van der Waals surface area contributed by atoms with E-state index in [-0.39, 0.29) is 34.8 Å². The predicted molar refractivity (Wildman–Crippen MR) is 132 cm³/mol. The summed E-state index contributed by atoms with van der Waals surface area (Å²) in [6, 6.07) is 5.34. The molecule has 10 heteroatoms. The number of nitrogens with zero attached hydrogens (tertiary/aromatic N) is 4. The zero-order valence-corrected chi connectivity index (χ0v) is 20.0. The predicted octanol–water partition coefficient (Wildman–Crippen LogP) is 4.12. The minimum Gasteiger partial charge on any atom is -0.366 e. The molecule has 2 heterocycles. The van der Waals surface area contributed by atoms with Crippen LogP contribution >= 0.6 is 0 Å². The van der Waals surface area contributed by atoms with E-state index in [0.717, 1.165) is 37.0 Å². The summed E-state index contributed by atoms with van der Waals surface area (Å²) in [6.45, 7) is 8.64. The molecule has 6 N–H and O–H groups in total. The van der Waals surface area contributed by atoms with Crippen LogP contribution in [0, 0.1) is 22.6 Å². The molecule has 0 atom stereocenters. The molecule has 1 aromatic carbocycles. The van der Waals surface area contributed by atoms with Crippen LogP contribution in [-0.4, -0.2) is 33.4 Å². The van der Waals surface area contributed by atoms with E-state index in [1.54, 1.807) is 6.07 Å². The normalized spacial score (nSPS) is 19.2. The van der Waals surface area contributed by atoms with E-state index in [9.17, 15) is 9.65 Å². The highest BCUT2D eigenvalue weighted by atomic mass is 19.1. The molecule has 0 radical (unpaired) electrons. The Labute approximate surface area is 199 Å². The number of hydrazine groups is 1. The van der Waals surface area contributed by atoms with E-state index in [2.05, 4.69) is 59.7 Å². The van der Waals surface area contributed by atoms with Gasteiger partial charge in [-0.15, -0.1) is 0 Å². The van der Waals surface area contributed by atoms with E-state index < -0.39 is 0 Å². The molecule has 34 heavy (non-hydrogen) atoms. The largest absolute Gasteiger partial charge is 0.366 e. The van der Waals surface area contributed by atoms with Crippen LogP contribution < -0.4 is 26.8 Å². The molecule has 0 unspecified atom stereocenters. The molecule has 1 saturated heterocycles. The second-order valence-electron chi connectivity index (χ2n) is 10.5. The van der Waals surface area contributed by atoms with Crippen molar-refractivity contribution in [3.05, 3.63) is 35.3 Å². The third-order valence-corrected chi connectivity index (χ3v) is 6.21. The molecule has 0 bridgehead atoms. The van der Waals surface area contributed by atoms with Crippen molar-refractivity contribution in [3.8, 4) is 6.07 Å². The maximum absolute atomic E-state index is 15.0. The number of benzene rings is 1. The monoisotopic (exact) mass is 465 g/mol. The van der Waals surface area contributed by atoms with Crippen LogP contribution in [0.2, 0.25) is 0 Å². The van der Waals surface area contributed by atoms with Crippen molar-refractivity contribution < 1.29 is 4.39 Å². The van der Waals surface area contributed by atoms with Gasteiger partial charge in [-0.25, -0.2) is 15.2 Å². The van der Waals surface area contributed by atoms with Gasteiger partial charge in [0.2, 0.25) is 5.95 Å². The van der Waals surface area contributed by atoms with Gasteiger partial charge in [0.15, 0.2) is 0 Å². The molecule has 1 aliphatic carbocycles. The first-order valence-electron chi connectivity index (χ1n) is 11.5. The van der Waals surface area contributed by atoms with E-state index in [4.69, 9.17) is 11.3 Å². The van der Waals surface area contributed by atoms with Crippen LogP contribution in [-0.2, 0) is 0 Å². The number of hydrogen-bond donors (Lipinski definition) is 5. The lowest BCUT2D eigenvalue weighted by Gasteiger charge is -2.46. The average molecular weight is 466 g/mol. The maximum Gasteiger partial charge on any atom is 0.229 e. The Balaban J connectivity index is 1.61. The molecule has 0 spiro atoms. The summed E-state index contributed by atoms with van der Waals surface area (Å²) < 4.78 is 15.0. The van der Waals surface area contributed by atoms with Crippen LogP contribution in [0.5, 0.6) is 0 Å². The Morgan fingerprint density at radius 2 is 1.94 bits per heavy atom. The van der Waals surface area contributed by atoms with Gasteiger partial charge in [-0.1, -0.05) is 0 Å². The van der Waals surface area contributed by atoms with Gasteiger partial charge in [0.25, 0.3) is 0 Å². The van der Waals surface area contributed by atoms with E-state index in [1.165, 1.54) is 12.3 Å². The number of hydrogen-bond acceptors (Lipinski definition) is 8. The Hall–Kier alpha value is -3.29. The van der Waals surface area contributed by atoms with Crippen molar-refractivity contribution in [2.45, 2.75) is 76.4 Å². The SMILES string of the molecule is CC1(C)CC(Nc2nc(Nc3cc(F)c(C4CC4)c(N(N)C=N)c3)ncc2C#N)CC(C)(C)N1. The molecule has 1 saturated carbocycles. The quantitative estimate of drug-likeness (QED) is 0.178. The number of piperidine rings is 1. The highest BCUT2D eigenvalue weighted by molar-refractivity contribution is 5.80. The zero-order valence-electron chi connectivity index (χ0n) is 20.0. The van der Waals surface area contributed by atoms with Gasteiger partial charge < -0.3 is 16.0 Å². The van der Waals surface area contributed by atoms with Crippen LogP contribution in [0.3, 0.4) is 0 Å². The third kappa shape index (κ3) is 5.26. The van der Waals surface area contributed by atoms with Crippen LogP contribution in [0.1, 0.15) is 70.4 Å². The number of aromatic nitrogens is 2. The van der Waals surface area contributed by atoms with Gasteiger partial charge in [0.1, 0.15) is 29.6 Å². The fourth-order valence-corrected chi connectivity index (χ4v) is 5.12. The second-order valence-corrected chi connectivity index (χ2v) is 10.5. The highest BCUT2D eigenvalue weighted by Gasteiger charge is 2.38. The maximum atomic E-state index is 15.0. The number of nitrogens with one attached hydrogen (secondary N) is 4. The number of nitrogens with two attached hydrogens (primary N) is 1. The first-order valence-corrected chi connectivity index (χ1v) is 11.5. The third-order valence-electron chi connectivity index (χ3n) is 6.21. The van der Waals surface area contributed by atoms with Crippen molar-refractivity contribution in [2.24, 2.45) is 5.84 Å². The van der Waals surface area contributed by atoms with Gasteiger partial charge >= 0.3 is 0 Å². The van der Waals surface area contributed by atoms with Gasteiger partial charge in [-0.2, -0.15) is 10.2 Å². The first-order chi connectivity index (χ1) is 16.0. The highest BCUT2D eigenvalue weighted by Crippen LogP contribution is 2.46. The summed E-state index contributed by atoms with van der Waals surface area (Å²) in [4.78, 5) is 8.78. The lowest BCUT2D eigenvalue weighted by atomic mass is 9.79. The van der Waals surface area contributed by atoms with Crippen molar-refractivity contribution >= 4 is 29.5 Å². The minimum atomic E-state index is -0.383. The van der Waals surface area contributed by atoms with Crippen molar-refractivity contribution in [3.63, 3.8) is 0 Å². The molecule has 2 aromatic rings. The molecule has 1 aliphatic heterocycles. The molecule has 1 aromatic heterocycles. The Kier molecular flexibility index (Phi) is 6.18. The number of halogens is 1. The summed E-state index contributed by atoms with van der Waals surface area (Å²) in [5.41, 5.74) is 1.57. The molecule has 4 rings (SSSR count). The summed E-state index contributed by atoms with van der Waals surface area (Å²) in [5.74, 6) is 6.32. The van der Waals surface area contributed by atoms with Crippen LogP contribution in [0.25, 0.3) is 0 Å². The standard InChI is InChI=1S/C24H32FN9/c1-23(2)9-17(10-24(3,4)33-23)30-21-15(11-26)12-29-22(32-21)31-16-7-18(25)20(14-5-6-14)19(8-16)34(28)13-27/h7-8,12-14,17,27,33H,5-6,9-10,28H2,1-4H3,(H2,29,30,31,32). The molecular weight excluding hydrogens is 433 g/mol. The molecule has 2 aliphatic rings. The van der Waals surface area contributed by atoms with Gasteiger partial charge in [0.05, 0.1) is 11.9 Å². The van der Waals surface area contributed by atoms with Crippen LogP contribution in [0.15, 0.2) is 18.3 Å². The molecular formula is C24H32FN9. The second kappa shape index (κ2) is 8.81. The Bertz CT molecular complexity index is 1120. The van der Waals surface area contributed by atoms with E-state index >= 15 is 0 Å². The number of nitriles is 1. The van der Waals surface area contributed by atoms with Crippen molar-refractivity contribution in [1.82, 2.24) is 15.3 Å². The number of anilines is 4. The fraction of sp³-hybridized carbons (Fsp3) is 0.500. The van der Waals surface area contributed by atoms with E-state index in [0.29, 0.717) is 28.3 Å². The van der Waals surface area contributed by atoms with Crippen LogP contribution in [0.4, 0.5) is 27.5 Å². The van der Waals surface area contributed by atoms with Crippen molar-refractivity contribution in [1.29, 1.82) is 10.7 Å².